The molecule has 0 saturated carbocycles. The van der Waals surface area contributed by atoms with E-state index in [1.165, 1.54) is 6.92 Å². The van der Waals surface area contributed by atoms with E-state index >= 15 is 0 Å². The Morgan fingerprint density at radius 2 is 1.55 bits per heavy atom. The van der Waals surface area contributed by atoms with Gasteiger partial charge in [-0.1, -0.05) is 13.0 Å². The topological polar surface area (TPSA) is 60.2 Å². The smallest absolute Gasteiger partial charge is 0.225 e. The molecule has 0 aromatic heterocycles. The van der Waals surface area contributed by atoms with Crippen LogP contribution in [0.15, 0.2) is 17.0 Å². The molecule has 1 rings (SSSR count). The first-order valence-electron chi connectivity index (χ1n) is 5.13. The number of hydrogen-bond donors (Lipinski definition) is 1. The van der Waals surface area contributed by atoms with Gasteiger partial charge in [0.1, 0.15) is 4.90 Å². The second-order valence-corrected chi connectivity index (χ2v) is 5.37. The van der Waals surface area contributed by atoms with E-state index in [2.05, 4.69) is 5.14 Å². The van der Waals surface area contributed by atoms with E-state index in [-0.39, 0.29) is 12.5 Å². The SMILES string of the molecule is CCc1ccc(C(F)(F)F)c(S(N)(=O)=O)c1C(F)(F)F. The van der Waals surface area contributed by atoms with E-state index in [0.29, 0.717) is 6.07 Å². The molecule has 0 aliphatic heterocycles. The molecule has 0 fully saturated rings. The summed E-state index contributed by atoms with van der Waals surface area (Å²) in [6.45, 7) is 1.25. The van der Waals surface area contributed by atoms with E-state index in [9.17, 15) is 34.8 Å². The van der Waals surface area contributed by atoms with Gasteiger partial charge in [0, 0.05) is 0 Å². The van der Waals surface area contributed by atoms with E-state index in [1.54, 1.807) is 0 Å². The lowest BCUT2D eigenvalue weighted by Crippen LogP contribution is -2.25. The van der Waals surface area contributed by atoms with Crippen molar-refractivity contribution in [1.29, 1.82) is 0 Å². The predicted octanol–water partition coefficient (Wildman–Crippen LogP) is 2.93. The highest BCUT2D eigenvalue weighted by Crippen LogP contribution is 2.43. The average molecular weight is 321 g/mol. The van der Waals surface area contributed by atoms with Gasteiger partial charge in [-0.05, 0) is 18.1 Å². The maximum atomic E-state index is 12.9. The molecule has 0 atom stereocenters. The molecule has 0 amide bonds. The van der Waals surface area contributed by atoms with Crippen LogP contribution in [-0.4, -0.2) is 8.42 Å². The molecule has 1 aromatic carbocycles. The van der Waals surface area contributed by atoms with Gasteiger partial charge in [0.25, 0.3) is 0 Å². The van der Waals surface area contributed by atoms with E-state index in [4.69, 9.17) is 0 Å². The highest BCUT2D eigenvalue weighted by Gasteiger charge is 2.45. The molecular weight excluding hydrogens is 312 g/mol. The Balaban J connectivity index is 3.97. The number of primary sulfonamides is 1. The molecule has 0 unspecified atom stereocenters. The molecule has 0 radical (unpaired) electrons. The molecule has 0 bridgehead atoms. The molecule has 0 saturated heterocycles. The summed E-state index contributed by atoms with van der Waals surface area (Å²) in [5.41, 5.74) is -4.36. The monoisotopic (exact) mass is 321 g/mol. The molecule has 0 spiro atoms. The van der Waals surface area contributed by atoms with Crippen molar-refractivity contribution in [1.82, 2.24) is 0 Å². The summed E-state index contributed by atoms with van der Waals surface area (Å²) in [5, 5.41) is 4.55. The third-order valence-corrected chi connectivity index (χ3v) is 3.49. The summed E-state index contributed by atoms with van der Waals surface area (Å²) < 4.78 is 99.2. The molecule has 2 N–H and O–H groups in total. The van der Waals surface area contributed by atoms with Crippen molar-refractivity contribution in [2.24, 2.45) is 5.14 Å². The molecule has 10 heteroatoms. The highest BCUT2D eigenvalue weighted by molar-refractivity contribution is 7.89. The van der Waals surface area contributed by atoms with Crippen molar-refractivity contribution < 1.29 is 34.8 Å². The van der Waals surface area contributed by atoms with Gasteiger partial charge in [-0.2, -0.15) is 26.3 Å². The Labute approximate surface area is 110 Å². The van der Waals surface area contributed by atoms with Crippen LogP contribution in [0.4, 0.5) is 26.3 Å². The zero-order valence-electron chi connectivity index (χ0n) is 9.93. The van der Waals surface area contributed by atoms with Gasteiger partial charge in [0.2, 0.25) is 10.0 Å². The van der Waals surface area contributed by atoms with E-state index in [0.717, 1.165) is 0 Å². The number of halogens is 6. The molecule has 0 aliphatic carbocycles. The Hall–Kier alpha value is -1.29. The third-order valence-electron chi connectivity index (χ3n) is 2.50. The molecular formula is C10H9F6NO2S. The molecule has 114 valence electrons. The van der Waals surface area contributed by atoms with Gasteiger partial charge in [0.15, 0.2) is 0 Å². The largest absolute Gasteiger partial charge is 0.418 e. The molecule has 20 heavy (non-hydrogen) atoms. The maximum Gasteiger partial charge on any atom is 0.418 e. The van der Waals surface area contributed by atoms with E-state index < -0.39 is 44.0 Å². The minimum Gasteiger partial charge on any atom is -0.225 e. The zero-order chi connectivity index (χ0) is 15.9. The van der Waals surface area contributed by atoms with Crippen LogP contribution in [0.3, 0.4) is 0 Å². The maximum absolute atomic E-state index is 12.9. The lowest BCUT2D eigenvalue weighted by atomic mass is 10.0. The summed E-state index contributed by atoms with van der Waals surface area (Å²) in [6.07, 6.45) is -10.8. The number of sulfonamides is 1. The fourth-order valence-electron chi connectivity index (χ4n) is 1.75. The predicted molar refractivity (Wildman–Crippen MR) is 57.2 cm³/mol. The minimum absolute atomic E-state index is 0.286. The van der Waals surface area contributed by atoms with Crippen molar-refractivity contribution in [2.45, 2.75) is 30.6 Å². The Morgan fingerprint density at radius 3 is 1.85 bits per heavy atom. The summed E-state index contributed by atoms with van der Waals surface area (Å²) >= 11 is 0. The summed E-state index contributed by atoms with van der Waals surface area (Å²) in [4.78, 5) is -1.93. The van der Waals surface area contributed by atoms with Gasteiger partial charge < -0.3 is 0 Å². The van der Waals surface area contributed by atoms with Gasteiger partial charge in [-0.25, -0.2) is 13.6 Å². The number of nitrogens with two attached hydrogens (primary N) is 1. The lowest BCUT2D eigenvalue weighted by Gasteiger charge is -2.20. The normalized spacial score (nSPS) is 13.6. The highest BCUT2D eigenvalue weighted by atomic mass is 32.2. The van der Waals surface area contributed by atoms with Gasteiger partial charge in [-0.15, -0.1) is 0 Å². The van der Waals surface area contributed by atoms with Crippen LogP contribution in [0.1, 0.15) is 23.6 Å². The first kappa shape index (κ1) is 16.8. The Morgan fingerprint density at radius 1 is 1.05 bits per heavy atom. The average Bonchev–Trinajstić information content (AvgIpc) is 2.23. The van der Waals surface area contributed by atoms with Crippen LogP contribution in [-0.2, 0) is 28.8 Å². The van der Waals surface area contributed by atoms with Crippen LogP contribution >= 0.6 is 0 Å². The number of rotatable bonds is 2. The zero-order valence-corrected chi connectivity index (χ0v) is 10.7. The van der Waals surface area contributed by atoms with Crippen LogP contribution in [0.2, 0.25) is 0 Å². The standard InChI is InChI=1S/C10H9F6NO2S/c1-2-5-3-4-6(9(11,12)13)8(20(17,18)19)7(5)10(14,15)16/h3-4H,2H2,1H3,(H2,17,18,19). The number of alkyl halides is 6. The molecule has 0 aliphatic rings. The van der Waals surface area contributed by atoms with Crippen LogP contribution in [0, 0.1) is 0 Å². The quantitative estimate of drug-likeness (QED) is 0.852. The summed E-state index contributed by atoms with van der Waals surface area (Å²) in [5.74, 6) is 0. The Bertz CT molecular complexity index is 618. The lowest BCUT2D eigenvalue weighted by molar-refractivity contribution is -0.147. The summed E-state index contributed by atoms with van der Waals surface area (Å²) in [7, 11) is -5.20. The first-order valence-corrected chi connectivity index (χ1v) is 6.67. The molecule has 1 aromatic rings. The van der Waals surface area contributed by atoms with Gasteiger partial charge in [0.05, 0.1) is 11.1 Å². The molecule has 0 heterocycles. The van der Waals surface area contributed by atoms with Crippen molar-refractivity contribution in [3.05, 3.63) is 28.8 Å². The molecule has 3 nitrogen and oxygen atoms in total. The minimum atomic E-state index is -5.27. The summed E-state index contributed by atoms with van der Waals surface area (Å²) in [6, 6.07) is 0.883. The van der Waals surface area contributed by atoms with Crippen molar-refractivity contribution in [3.63, 3.8) is 0 Å². The van der Waals surface area contributed by atoms with Crippen LogP contribution < -0.4 is 5.14 Å². The van der Waals surface area contributed by atoms with Crippen molar-refractivity contribution in [2.75, 3.05) is 0 Å². The van der Waals surface area contributed by atoms with Crippen LogP contribution in [0.5, 0.6) is 0 Å². The second-order valence-electron chi connectivity index (χ2n) is 3.87. The fraction of sp³-hybridized carbons (Fsp3) is 0.400. The van der Waals surface area contributed by atoms with Gasteiger partial charge >= 0.3 is 12.4 Å². The first-order chi connectivity index (χ1) is 8.80. The van der Waals surface area contributed by atoms with E-state index in [1.807, 2.05) is 0 Å². The fourth-order valence-corrected chi connectivity index (χ4v) is 2.77. The van der Waals surface area contributed by atoms with Crippen molar-refractivity contribution in [3.8, 4) is 0 Å². The number of aryl methyl sites for hydroxylation is 1. The van der Waals surface area contributed by atoms with Gasteiger partial charge in [-0.3, -0.25) is 0 Å². The van der Waals surface area contributed by atoms with Crippen molar-refractivity contribution >= 4 is 10.0 Å². The second kappa shape index (κ2) is 4.92. The number of hydrogen-bond acceptors (Lipinski definition) is 2. The van der Waals surface area contributed by atoms with Crippen LogP contribution in [0.25, 0.3) is 0 Å². The Kier molecular flexibility index (Phi) is 4.12. The third kappa shape index (κ3) is 3.23. The number of benzene rings is 1.